The fourth-order valence-corrected chi connectivity index (χ4v) is 1.81. The summed E-state index contributed by atoms with van der Waals surface area (Å²) < 4.78 is 0. The van der Waals surface area contributed by atoms with Gasteiger partial charge in [-0.3, -0.25) is 0 Å². The van der Waals surface area contributed by atoms with Gasteiger partial charge < -0.3 is 10.4 Å². The minimum absolute atomic E-state index is 0.401. The number of aromatic nitrogens is 1. The molecule has 2 N–H and O–H groups in total. The van der Waals surface area contributed by atoms with Crippen LogP contribution >= 0.6 is 0 Å². The molecule has 0 radical (unpaired) electrons. The molecule has 0 aliphatic heterocycles. The van der Waals surface area contributed by atoms with Gasteiger partial charge in [0.2, 0.25) is 0 Å². The van der Waals surface area contributed by atoms with Gasteiger partial charge in [0.15, 0.2) is 5.54 Å². The molecule has 0 saturated heterocycles. The normalized spacial score (nSPS) is 13.0. The van der Waals surface area contributed by atoms with Gasteiger partial charge in [-0.2, -0.15) is 5.26 Å². The highest BCUT2D eigenvalue weighted by atomic mass is 16.4. The Kier molecular flexibility index (Phi) is 3.67. The van der Waals surface area contributed by atoms with Crippen molar-refractivity contribution in [3.05, 3.63) is 59.8 Å². The molecule has 0 aliphatic rings. The van der Waals surface area contributed by atoms with Gasteiger partial charge in [0.25, 0.3) is 0 Å². The second-order valence-electron chi connectivity index (χ2n) is 4.47. The van der Waals surface area contributed by atoms with E-state index in [0.29, 0.717) is 16.9 Å². The number of nitriles is 1. The Bertz CT molecular complexity index is 647. The highest BCUT2D eigenvalue weighted by Gasteiger charge is 2.35. The third kappa shape index (κ3) is 2.59. The van der Waals surface area contributed by atoms with Crippen molar-refractivity contribution >= 4 is 11.8 Å². The summed E-state index contributed by atoms with van der Waals surface area (Å²) in [6.07, 6.45) is 1.40. The van der Waals surface area contributed by atoms with E-state index in [2.05, 4.69) is 10.3 Å². The van der Waals surface area contributed by atoms with Crippen LogP contribution in [0.2, 0.25) is 0 Å². The molecule has 1 unspecified atom stereocenters. The zero-order chi connectivity index (χ0) is 14.6. The van der Waals surface area contributed by atoms with Crippen LogP contribution in [0.4, 0.5) is 5.82 Å². The standard InChI is InChI=1S/C15H13N3O2/c1-15(14(19)20,12-5-3-2-4-6-12)18-13-8-7-11(9-16)10-17-13/h2-8,10H,1H3,(H,17,18)(H,19,20). The lowest BCUT2D eigenvalue weighted by molar-refractivity contribution is -0.142. The zero-order valence-corrected chi connectivity index (χ0v) is 10.9. The maximum atomic E-state index is 11.6. The number of carboxylic acid groups (broad SMARTS) is 1. The Hall–Kier alpha value is -2.87. The first-order valence-electron chi connectivity index (χ1n) is 5.99. The average molecular weight is 267 g/mol. The van der Waals surface area contributed by atoms with Crippen molar-refractivity contribution in [2.75, 3.05) is 5.32 Å². The van der Waals surface area contributed by atoms with Gasteiger partial charge in [0.1, 0.15) is 11.9 Å². The molecule has 1 aromatic heterocycles. The molecule has 0 saturated carbocycles. The number of pyridine rings is 1. The van der Waals surface area contributed by atoms with Crippen LogP contribution in [0.5, 0.6) is 0 Å². The van der Waals surface area contributed by atoms with Gasteiger partial charge in [-0.1, -0.05) is 30.3 Å². The minimum Gasteiger partial charge on any atom is -0.479 e. The molecule has 1 aromatic carbocycles. The number of hydrogen-bond donors (Lipinski definition) is 2. The zero-order valence-electron chi connectivity index (χ0n) is 10.9. The average Bonchev–Trinajstić information content (AvgIpc) is 2.48. The predicted octanol–water partition coefficient (Wildman–Crippen LogP) is 2.37. The molecular formula is C15H13N3O2. The lowest BCUT2D eigenvalue weighted by atomic mass is 9.92. The van der Waals surface area contributed by atoms with Crippen LogP contribution in [0.3, 0.4) is 0 Å². The van der Waals surface area contributed by atoms with Crippen LogP contribution in [0.1, 0.15) is 18.1 Å². The van der Waals surface area contributed by atoms with Crippen molar-refractivity contribution in [1.29, 1.82) is 5.26 Å². The van der Waals surface area contributed by atoms with Gasteiger partial charge in [-0.15, -0.1) is 0 Å². The number of hydrogen-bond acceptors (Lipinski definition) is 4. The lowest BCUT2D eigenvalue weighted by Gasteiger charge is -2.27. The number of rotatable bonds is 4. The molecule has 5 heteroatoms. The summed E-state index contributed by atoms with van der Waals surface area (Å²) in [6.45, 7) is 1.57. The Morgan fingerprint density at radius 3 is 2.50 bits per heavy atom. The van der Waals surface area contributed by atoms with E-state index in [4.69, 9.17) is 5.26 Å². The number of aliphatic carboxylic acids is 1. The predicted molar refractivity (Wildman–Crippen MR) is 74.0 cm³/mol. The molecular weight excluding hydrogens is 254 g/mol. The van der Waals surface area contributed by atoms with Crippen molar-refractivity contribution in [3.63, 3.8) is 0 Å². The quantitative estimate of drug-likeness (QED) is 0.888. The summed E-state index contributed by atoms with van der Waals surface area (Å²) in [5.74, 6) is -0.604. The molecule has 0 fully saturated rings. The van der Waals surface area contributed by atoms with E-state index in [1.165, 1.54) is 6.20 Å². The molecule has 0 amide bonds. The van der Waals surface area contributed by atoms with Crippen LogP contribution in [0, 0.1) is 11.3 Å². The van der Waals surface area contributed by atoms with E-state index < -0.39 is 11.5 Å². The molecule has 0 bridgehead atoms. The van der Waals surface area contributed by atoms with Gasteiger partial charge in [-0.25, -0.2) is 9.78 Å². The SMILES string of the molecule is CC(Nc1ccc(C#N)cn1)(C(=O)O)c1ccccc1. The van der Waals surface area contributed by atoms with Crippen molar-refractivity contribution in [2.24, 2.45) is 0 Å². The van der Waals surface area contributed by atoms with Crippen LogP contribution in [-0.2, 0) is 10.3 Å². The van der Waals surface area contributed by atoms with E-state index in [9.17, 15) is 9.90 Å². The van der Waals surface area contributed by atoms with Crippen LogP contribution in [0.15, 0.2) is 48.7 Å². The highest BCUT2D eigenvalue weighted by Crippen LogP contribution is 2.25. The maximum Gasteiger partial charge on any atom is 0.333 e. The third-order valence-electron chi connectivity index (χ3n) is 3.05. The van der Waals surface area contributed by atoms with E-state index in [1.807, 2.05) is 12.1 Å². The largest absolute Gasteiger partial charge is 0.479 e. The first-order chi connectivity index (χ1) is 9.56. The number of nitrogens with zero attached hydrogens (tertiary/aromatic N) is 2. The Morgan fingerprint density at radius 2 is 2.00 bits per heavy atom. The number of anilines is 1. The van der Waals surface area contributed by atoms with E-state index >= 15 is 0 Å². The van der Waals surface area contributed by atoms with Crippen molar-refractivity contribution in [1.82, 2.24) is 4.98 Å². The summed E-state index contributed by atoms with van der Waals surface area (Å²) in [6, 6.07) is 14.0. The molecule has 0 spiro atoms. The molecule has 2 rings (SSSR count). The molecule has 1 atom stereocenters. The Labute approximate surface area is 116 Å². The summed E-state index contributed by atoms with van der Waals surface area (Å²) >= 11 is 0. The maximum absolute atomic E-state index is 11.6. The smallest absolute Gasteiger partial charge is 0.333 e. The number of carboxylic acids is 1. The minimum atomic E-state index is -1.29. The number of carbonyl (C=O) groups is 1. The molecule has 20 heavy (non-hydrogen) atoms. The third-order valence-corrected chi connectivity index (χ3v) is 3.05. The number of benzene rings is 1. The molecule has 5 nitrogen and oxygen atoms in total. The highest BCUT2D eigenvalue weighted by molar-refractivity contribution is 5.83. The first kappa shape index (κ1) is 13.6. The Balaban J connectivity index is 2.35. The molecule has 1 heterocycles. The Morgan fingerprint density at radius 1 is 1.30 bits per heavy atom. The first-order valence-corrected chi connectivity index (χ1v) is 5.99. The number of nitrogens with one attached hydrogen (secondary N) is 1. The molecule has 0 aliphatic carbocycles. The van der Waals surface area contributed by atoms with E-state index in [-0.39, 0.29) is 0 Å². The fraction of sp³-hybridized carbons (Fsp3) is 0.133. The molecule has 2 aromatic rings. The van der Waals surface area contributed by atoms with Crippen molar-refractivity contribution < 1.29 is 9.90 Å². The lowest BCUT2D eigenvalue weighted by Crippen LogP contribution is -2.40. The monoisotopic (exact) mass is 267 g/mol. The summed E-state index contributed by atoms with van der Waals surface area (Å²) in [5, 5.41) is 21.1. The summed E-state index contributed by atoms with van der Waals surface area (Å²) in [5.41, 5.74) is -0.242. The van der Waals surface area contributed by atoms with Crippen LogP contribution < -0.4 is 5.32 Å². The summed E-state index contributed by atoms with van der Waals surface area (Å²) in [7, 11) is 0. The van der Waals surface area contributed by atoms with Gasteiger partial charge in [-0.05, 0) is 24.6 Å². The van der Waals surface area contributed by atoms with Crippen molar-refractivity contribution in [3.8, 4) is 6.07 Å². The van der Waals surface area contributed by atoms with Crippen LogP contribution in [0.25, 0.3) is 0 Å². The van der Waals surface area contributed by atoms with E-state index in [0.717, 1.165) is 0 Å². The second kappa shape index (κ2) is 5.41. The van der Waals surface area contributed by atoms with Gasteiger partial charge >= 0.3 is 5.97 Å². The fourth-order valence-electron chi connectivity index (χ4n) is 1.81. The molecule has 100 valence electrons. The van der Waals surface area contributed by atoms with Gasteiger partial charge in [0.05, 0.1) is 5.56 Å². The van der Waals surface area contributed by atoms with E-state index in [1.54, 1.807) is 43.3 Å². The van der Waals surface area contributed by atoms with Crippen molar-refractivity contribution in [2.45, 2.75) is 12.5 Å². The second-order valence-corrected chi connectivity index (χ2v) is 4.47. The van der Waals surface area contributed by atoms with Crippen LogP contribution in [-0.4, -0.2) is 16.1 Å². The topological polar surface area (TPSA) is 86.0 Å². The summed E-state index contributed by atoms with van der Waals surface area (Å²) in [4.78, 5) is 15.7. The van der Waals surface area contributed by atoms with Gasteiger partial charge in [0, 0.05) is 6.20 Å².